The van der Waals surface area contributed by atoms with Gasteiger partial charge in [-0.1, -0.05) is 12.1 Å². The third-order valence-electron chi connectivity index (χ3n) is 4.48. The first-order valence-electron chi connectivity index (χ1n) is 7.51. The number of anilines is 1. The molecule has 0 radical (unpaired) electrons. The summed E-state index contributed by atoms with van der Waals surface area (Å²) in [6.45, 7) is 3.94. The van der Waals surface area contributed by atoms with Gasteiger partial charge in [-0.3, -0.25) is 0 Å². The fourth-order valence-corrected chi connectivity index (χ4v) is 3.19. The number of aryl methyl sites for hydroxylation is 1. The highest BCUT2D eigenvalue weighted by atomic mass is 16.4. The first kappa shape index (κ1) is 14.1. The summed E-state index contributed by atoms with van der Waals surface area (Å²) in [5, 5.41) is 1.04. The topological polar surface area (TPSA) is 36.7 Å². The summed E-state index contributed by atoms with van der Waals surface area (Å²) < 4.78 is 5.39. The van der Waals surface area contributed by atoms with E-state index < -0.39 is 0 Å². The van der Waals surface area contributed by atoms with Gasteiger partial charge in [-0.2, -0.15) is 0 Å². The van der Waals surface area contributed by atoms with Crippen molar-refractivity contribution in [3.8, 4) is 0 Å². The van der Waals surface area contributed by atoms with Crippen molar-refractivity contribution in [3.63, 3.8) is 0 Å². The minimum atomic E-state index is -0.262. The maximum Gasteiger partial charge on any atom is 0.338 e. The predicted octanol–water partition coefficient (Wildman–Crippen LogP) is 2.63. The van der Waals surface area contributed by atoms with E-state index in [1.807, 2.05) is 25.1 Å². The molecule has 0 saturated carbocycles. The lowest BCUT2D eigenvalue weighted by Gasteiger charge is -2.36. The molecule has 1 aliphatic heterocycles. The summed E-state index contributed by atoms with van der Waals surface area (Å²) in [5.41, 5.74) is 2.48. The number of para-hydroxylation sites is 1. The van der Waals surface area contributed by atoms with Gasteiger partial charge in [-0.05, 0) is 45.5 Å². The molecule has 2 heterocycles. The molecule has 0 N–H and O–H groups in total. The van der Waals surface area contributed by atoms with Crippen LogP contribution in [0.2, 0.25) is 0 Å². The number of fused-ring (bicyclic) bond motifs is 1. The third kappa shape index (κ3) is 2.68. The summed E-state index contributed by atoms with van der Waals surface area (Å²) >= 11 is 0. The molecule has 0 aliphatic carbocycles. The van der Waals surface area contributed by atoms with Gasteiger partial charge in [0.1, 0.15) is 5.58 Å². The van der Waals surface area contributed by atoms with Gasteiger partial charge in [0.2, 0.25) is 0 Å². The van der Waals surface area contributed by atoms with Crippen LogP contribution in [-0.2, 0) is 0 Å². The van der Waals surface area contributed by atoms with Gasteiger partial charge in [-0.25, -0.2) is 4.79 Å². The molecule has 1 aliphatic rings. The monoisotopic (exact) mass is 286 g/mol. The summed E-state index contributed by atoms with van der Waals surface area (Å²) in [6, 6.07) is 8.31. The molecule has 112 valence electrons. The number of rotatable bonds is 2. The van der Waals surface area contributed by atoms with Crippen LogP contribution < -0.4 is 10.5 Å². The van der Waals surface area contributed by atoms with E-state index in [1.54, 1.807) is 6.07 Å². The maximum atomic E-state index is 11.9. The molecule has 1 fully saturated rings. The summed E-state index contributed by atoms with van der Waals surface area (Å²) in [5.74, 6) is 0. The lowest BCUT2D eigenvalue weighted by Crippen LogP contribution is -2.42. The fourth-order valence-electron chi connectivity index (χ4n) is 3.19. The zero-order valence-electron chi connectivity index (χ0n) is 12.9. The Morgan fingerprint density at radius 2 is 1.95 bits per heavy atom. The SMILES string of the molecule is Cc1cccc2c(N3CCC(N(C)C)CC3)cc(=O)oc12. The molecule has 1 aromatic carbocycles. The molecule has 1 saturated heterocycles. The summed E-state index contributed by atoms with van der Waals surface area (Å²) in [6.07, 6.45) is 2.25. The van der Waals surface area contributed by atoms with Crippen molar-refractivity contribution < 1.29 is 4.42 Å². The van der Waals surface area contributed by atoms with Crippen LogP contribution >= 0.6 is 0 Å². The zero-order chi connectivity index (χ0) is 15.0. The quantitative estimate of drug-likeness (QED) is 0.795. The molecule has 0 bridgehead atoms. The Morgan fingerprint density at radius 1 is 1.24 bits per heavy atom. The third-order valence-corrected chi connectivity index (χ3v) is 4.48. The standard InChI is InChI=1S/C17H22N2O2/c1-12-5-4-6-14-15(11-16(20)21-17(12)14)19-9-7-13(8-10-19)18(2)3/h4-6,11,13H,7-10H2,1-3H3. The molecule has 0 spiro atoms. The Bertz CT molecular complexity index is 697. The van der Waals surface area contributed by atoms with E-state index in [9.17, 15) is 4.79 Å². The van der Waals surface area contributed by atoms with Crippen LogP contribution in [0.25, 0.3) is 11.0 Å². The van der Waals surface area contributed by atoms with E-state index in [1.165, 1.54) is 0 Å². The van der Waals surface area contributed by atoms with Crippen LogP contribution in [-0.4, -0.2) is 38.1 Å². The molecule has 1 aromatic heterocycles. The summed E-state index contributed by atoms with van der Waals surface area (Å²) in [4.78, 5) is 16.5. The molecule has 3 rings (SSSR count). The average Bonchev–Trinajstić information content (AvgIpc) is 2.47. The van der Waals surface area contributed by atoms with Gasteiger partial charge < -0.3 is 14.2 Å². The molecule has 0 atom stereocenters. The van der Waals surface area contributed by atoms with Gasteiger partial charge in [0, 0.05) is 30.6 Å². The van der Waals surface area contributed by atoms with E-state index in [2.05, 4.69) is 23.9 Å². The largest absolute Gasteiger partial charge is 0.422 e. The maximum absolute atomic E-state index is 11.9. The first-order valence-corrected chi connectivity index (χ1v) is 7.51. The number of hydrogen-bond donors (Lipinski definition) is 0. The average molecular weight is 286 g/mol. The summed E-state index contributed by atoms with van der Waals surface area (Å²) in [7, 11) is 4.27. The van der Waals surface area contributed by atoms with Gasteiger partial charge in [0.05, 0.1) is 5.69 Å². The second-order valence-corrected chi connectivity index (χ2v) is 6.08. The smallest absolute Gasteiger partial charge is 0.338 e. The fraction of sp³-hybridized carbons (Fsp3) is 0.471. The number of nitrogens with zero attached hydrogens (tertiary/aromatic N) is 2. The molecule has 0 unspecified atom stereocenters. The Labute approximate surface area is 125 Å². The van der Waals surface area contributed by atoms with Crippen molar-refractivity contribution in [2.75, 3.05) is 32.1 Å². The van der Waals surface area contributed by atoms with Crippen LogP contribution in [0.5, 0.6) is 0 Å². The van der Waals surface area contributed by atoms with Gasteiger partial charge in [0.25, 0.3) is 0 Å². The highest BCUT2D eigenvalue weighted by Crippen LogP contribution is 2.29. The van der Waals surface area contributed by atoms with Gasteiger partial charge in [-0.15, -0.1) is 0 Å². The Hall–Kier alpha value is -1.81. The molecule has 21 heavy (non-hydrogen) atoms. The van der Waals surface area contributed by atoms with Crippen LogP contribution in [0.1, 0.15) is 18.4 Å². The minimum Gasteiger partial charge on any atom is -0.422 e. The van der Waals surface area contributed by atoms with Crippen LogP contribution in [0.4, 0.5) is 5.69 Å². The van der Waals surface area contributed by atoms with Crippen molar-refractivity contribution in [2.45, 2.75) is 25.8 Å². The van der Waals surface area contributed by atoms with Crippen molar-refractivity contribution >= 4 is 16.7 Å². The van der Waals surface area contributed by atoms with Crippen LogP contribution in [0.3, 0.4) is 0 Å². The normalized spacial score (nSPS) is 16.9. The predicted molar refractivity (Wildman–Crippen MR) is 86.1 cm³/mol. The van der Waals surface area contributed by atoms with E-state index in [0.717, 1.165) is 48.2 Å². The Morgan fingerprint density at radius 3 is 2.62 bits per heavy atom. The van der Waals surface area contributed by atoms with Crippen molar-refractivity contribution in [3.05, 3.63) is 40.2 Å². The Kier molecular flexibility index (Phi) is 3.72. The lowest BCUT2D eigenvalue weighted by atomic mass is 10.0. The van der Waals surface area contributed by atoms with Crippen LogP contribution in [0.15, 0.2) is 33.5 Å². The van der Waals surface area contributed by atoms with Gasteiger partial charge >= 0.3 is 5.63 Å². The number of piperidine rings is 1. The second kappa shape index (κ2) is 5.53. The van der Waals surface area contributed by atoms with E-state index in [4.69, 9.17) is 4.42 Å². The second-order valence-electron chi connectivity index (χ2n) is 6.08. The minimum absolute atomic E-state index is 0.262. The first-order chi connectivity index (χ1) is 10.1. The number of hydrogen-bond acceptors (Lipinski definition) is 4. The van der Waals surface area contributed by atoms with E-state index in [0.29, 0.717) is 6.04 Å². The molecule has 2 aromatic rings. The molecule has 0 amide bonds. The van der Waals surface area contributed by atoms with Crippen molar-refractivity contribution in [2.24, 2.45) is 0 Å². The van der Waals surface area contributed by atoms with E-state index in [-0.39, 0.29) is 5.63 Å². The zero-order valence-corrected chi connectivity index (χ0v) is 12.9. The van der Waals surface area contributed by atoms with Crippen molar-refractivity contribution in [1.29, 1.82) is 0 Å². The molecular weight excluding hydrogens is 264 g/mol. The molecule has 4 heteroatoms. The van der Waals surface area contributed by atoms with Gasteiger partial charge in [0.15, 0.2) is 0 Å². The van der Waals surface area contributed by atoms with E-state index >= 15 is 0 Å². The highest BCUT2D eigenvalue weighted by Gasteiger charge is 2.22. The lowest BCUT2D eigenvalue weighted by molar-refractivity contribution is 0.250. The Balaban J connectivity index is 1.98. The van der Waals surface area contributed by atoms with Crippen molar-refractivity contribution in [1.82, 2.24) is 4.90 Å². The van der Waals surface area contributed by atoms with Crippen LogP contribution in [0, 0.1) is 6.92 Å². The molecular formula is C17H22N2O2. The number of benzene rings is 1. The highest BCUT2D eigenvalue weighted by molar-refractivity contribution is 5.91. The molecule has 4 nitrogen and oxygen atoms in total.